The number of carbonyl (C=O) groups excluding carboxylic acids is 1. The van der Waals surface area contributed by atoms with E-state index in [1.165, 1.54) is 13.8 Å². The Morgan fingerprint density at radius 2 is 1.80 bits per heavy atom. The van der Waals surface area contributed by atoms with E-state index < -0.39 is 17.4 Å². The van der Waals surface area contributed by atoms with Crippen LogP contribution in [-0.4, -0.2) is 29.1 Å². The summed E-state index contributed by atoms with van der Waals surface area (Å²) in [5, 5.41) is 11.9. The first-order valence-corrected chi connectivity index (χ1v) is 6.45. The van der Waals surface area contributed by atoms with Crippen LogP contribution in [-0.2, 0) is 9.59 Å². The highest BCUT2D eigenvalue weighted by molar-refractivity contribution is 6.32. The molecule has 0 saturated carbocycles. The van der Waals surface area contributed by atoms with Crippen molar-refractivity contribution in [2.75, 3.05) is 6.61 Å². The van der Waals surface area contributed by atoms with Crippen LogP contribution in [0.25, 0.3) is 0 Å². The monoisotopic (exact) mass is 299 g/mol. The highest BCUT2D eigenvalue weighted by atomic mass is 35.5. The quantitative estimate of drug-likeness (QED) is 0.875. The highest BCUT2D eigenvalue weighted by Crippen LogP contribution is 2.25. The minimum absolute atomic E-state index is 0.253. The van der Waals surface area contributed by atoms with Gasteiger partial charge in [0.25, 0.3) is 5.91 Å². The summed E-state index contributed by atoms with van der Waals surface area (Å²) in [6, 6.07) is 3.45. The first kappa shape index (κ1) is 16.3. The third-order valence-corrected chi connectivity index (χ3v) is 3.36. The van der Waals surface area contributed by atoms with Crippen LogP contribution in [0, 0.1) is 13.8 Å². The lowest BCUT2D eigenvalue weighted by Crippen LogP contribution is -2.51. The first-order valence-electron chi connectivity index (χ1n) is 6.07. The van der Waals surface area contributed by atoms with E-state index in [0.29, 0.717) is 10.8 Å². The Kier molecular flexibility index (Phi) is 5.00. The van der Waals surface area contributed by atoms with E-state index in [0.717, 1.165) is 11.1 Å². The lowest BCUT2D eigenvalue weighted by atomic mass is 10.1. The van der Waals surface area contributed by atoms with E-state index in [2.05, 4.69) is 5.32 Å². The molecule has 0 spiro atoms. The summed E-state index contributed by atoms with van der Waals surface area (Å²) in [5.41, 5.74) is 0.382. The van der Waals surface area contributed by atoms with Crippen molar-refractivity contribution in [3.63, 3.8) is 0 Å². The normalized spacial score (nSPS) is 11.1. The van der Waals surface area contributed by atoms with E-state index in [1.54, 1.807) is 12.1 Å². The molecule has 0 heterocycles. The predicted octanol–water partition coefficient (Wildman–Crippen LogP) is 2.32. The molecule has 0 aliphatic heterocycles. The molecule has 0 atom stereocenters. The fourth-order valence-corrected chi connectivity index (χ4v) is 1.69. The Morgan fingerprint density at radius 1 is 1.30 bits per heavy atom. The Labute approximate surface area is 122 Å². The Bertz CT molecular complexity index is 517. The zero-order chi connectivity index (χ0) is 15.5. The lowest BCUT2D eigenvalue weighted by Gasteiger charge is -2.21. The number of aryl methyl sites for hydroxylation is 2. The standard InChI is InChI=1S/C14H18ClNO4/c1-8-5-10(6-9(2)12(8)15)20-7-11(17)16-14(3,4)13(18)19/h5-6H,7H2,1-4H3,(H,16,17)(H,18,19). The second-order valence-electron chi connectivity index (χ2n) is 5.14. The van der Waals surface area contributed by atoms with Gasteiger partial charge in [0.2, 0.25) is 0 Å². The molecule has 5 nitrogen and oxygen atoms in total. The molecule has 0 bridgehead atoms. The van der Waals surface area contributed by atoms with Crippen molar-refractivity contribution in [3.05, 3.63) is 28.3 Å². The number of carboxylic acid groups (broad SMARTS) is 1. The van der Waals surface area contributed by atoms with Gasteiger partial charge in [-0.3, -0.25) is 4.79 Å². The van der Waals surface area contributed by atoms with Gasteiger partial charge < -0.3 is 15.2 Å². The largest absolute Gasteiger partial charge is 0.484 e. The van der Waals surface area contributed by atoms with Gasteiger partial charge in [0.1, 0.15) is 11.3 Å². The van der Waals surface area contributed by atoms with Crippen molar-refractivity contribution in [2.24, 2.45) is 0 Å². The van der Waals surface area contributed by atoms with Crippen molar-refractivity contribution in [1.82, 2.24) is 5.32 Å². The van der Waals surface area contributed by atoms with E-state index >= 15 is 0 Å². The highest BCUT2D eigenvalue weighted by Gasteiger charge is 2.28. The van der Waals surface area contributed by atoms with Crippen molar-refractivity contribution in [3.8, 4) is 5.75 Å². The van der Waals surface area contributed by atoms with Crippen molar-refractivity contribution < 1.29 is 19.4 Å². The van der Waals surface area contributed by atoms with Gasteiger partial charge in [0, 0.05) is 5.02 Å². The third kappa shape index (κ3) is 4.13. The molecule has 20 heavy (non-hydrogen) atoms. The number of carboxylic acids is 1. The summed E-state index contributed by atoms with van der Waals surface area (Å²) in [7, 11) is 0. The maximum absolute atomic E-state index is 11.6. The predicted molar refractivity (Wildman–Crippen MR) is 76.3 cm³/mol. The summed E-state index contributed by atoms with van der Waals surface area (Å²) < 4.78 is 5.35. The number of carbonyl (C=O) groups is 2. The van der Waals surface area contributed by atoms with Crippen LogP contribution >= 0.6 is 11.6 Å². The summed E-state index contributed by atoms with van der Waals surface area (Å²) in [4.78, 5) is 22.5. The lowest BCUT2D eigenvalue weighted by molar-refractivity contribution is -0.146. The fourth-order valence-electron chi connectivity index (χ4n) is 1.58. The van der Waals surface area contributed by atoms with Gasteiger partial charge in [0.15, 0.2) is 6.61 Å². The number of benzene rings is 1. The molecule has 0 aliphatic rings. The number of rotatable bonds is 5. The molecule has 2 N–H and O–H groups in total. The van der Waals surface area contributed by atoms with E-state index in [9.17, 15) is 9.59 Å². The van der Waals surface area contributed by atoms with Crippen LogP contribution < -0.4 is 10.1 Å². The van der Waals surface area contributed by atoms with Gasteiger partial charge in [-0.2, -0.15) is 0 Å². The van der Waals surface area contributed by atoms with E-state index in [4.69, 9.17) is 21.4 Å². The van der Waals surface area contributed by atoms with Crippen LogP contribution in [0.3, 0.4) is 0 Å². The number of hydrogen-bond acceptors (Lipinski definition) is 3. The van der Waals surface area contributed by atoms with Crippen LogP contribution in [0.15, 0.2) is 12.1 Å². The zero-order valence-electron chi connectivity index (χ0n) is 11.9. The molecule has 1 aromatic rings. The maximum Gasteiger partial charge on any atom is 0.328 e. The van der Waals surface area contributed by atoms with Crippen LogP contribution in [0.5, 0.6) is 5.75 Å². The molecule has 0 aromatic heterocycles. The minimum atomic E-state index is -1.33. The molecular weight excluding hydrogens is 282 g/mol. The second-order valence-corrected chi connectivity index (χ2v) is 5.52. The first-order chi connectivity index (χ1) is 9.13. The topological polar surface area (TPSA) is 75.6 Å². The minimum Gasteiger partial charge on any atom is -0.484 e. The average molecular weight is 300 g/mol. The number of nitrogens with one attached hydrogen (secondary N) is 1. The summed E-state index contributed by atoms with van der Waals surface area (Å²) in [6.45, 7) is 6.25. The molecule has 0 aliphatic carbocycles. The molecule has 6 heteroatoms. The van der Waals surface area contributed by atoms with E-state index in [-0.39, 0.29) is 6.61 Å². The molecule has 1 aromatic carbocycles. The zero-order valence-corrected chi connectivity index (χ0v) is 12.7. The van der Waals surface area contributed by atoms with Gasteiger partial charge in [0.05, 0.1) is 0 Å². The molecule has 110 valence electrons. The Hall–Kier alpha value is -1.75. The van der Waals surface area contributed by atoms with E-state index in [1.807, 2.05) is 13.8 Å². The van der Waals surface area contributed by atoms with Gasteiger partial charge >= 0.3 is 5.97 Å². The van der Waals surface area contributed by atoms with Gasteiger partial charge in [-0.25, -0.2) is 4.79 Å². The Morgan fingerprint density at radius 3 is 2.25 bits per heavy atom. The SMILES string of the molecule is Cc1cc(OCC(=O)NC(C)(C)C(=O)O)cc(C)c1Cl. The van der Waals surface area contributed by atoms with Crippen LogP contribution in [0.2, 0.25) is 5.02 Å². The number of hydrogen-bond donors (Lipinski definition) is 2. The fraction of sp³-hybridized carbons (Fsp3) is 0.429. The molecule has 0 fully saturated rings. The van der Waals surface area contributed by atoms with Crippen molar-refractivity contribution >= 4 is 23.5 Å². The number of aliphatic carboxylic acids is 1. The molecule has 0 radical (unpaired) electrons. The smallest absolute Gasteiger partial charge is 0.328 e. The molecule has 1 amide bonds. The summed E-state index contributed by atoms with van der Waals surface area (Å²) >= 11 is 6.03. The van der Waals surface area contributed by atoms with Crippen molar-refractivity contribution in [2.45, 2.75) is 33.2 Å². The van der Waals surface area contributed by atoms with Crippen LogP contribution in [0.4, 0.5) is 0 Å². The molecule has 0 unspecified atom stereocenters. The van der Waals surface area contributed by atoms with Crippen molar-refractivity contribution in [1.29, 1.82) is 0 Å². The number of halogens is 1. The molecular formula is C14H18ClNO4. The summed E-state index contributed by atoms with van der Waals surface area (Å²) in [6.07, 6.45) is 0. The average Bonchev–Trinajstić information content (AvgIpc) is 2.32. The number of amides is 1. The third-order valence-electron chi connectivity index (χ3n) is 2.77. The second kappa shape index (κ2) is 6.13. The Balaban J connectivity index is 2.64. The van der Waals surface area contributed by atoms with Gasteiger partial charge in [-0.1, -0.05) is 11.6 Å². The van der Waals surface area contributed by atoms with Gasteiger partial charge in [-0.15, -0.1) is 0 Å². The number of ether oxygens (including phenoxy) is 1. The summed E-state index contributed by atoms with van der Waals surface area (Å²) in [5.74, 6) is -1.08. The molecule has 0 saturated heterocycles. The van der Waals surface area contributed by atoms with Gasteiger partial charge in [-0.05, 0) is 51.0 Å². The van der Waals surface area contributed by atoms with Crippen LogP contribution in [0.1, 0.15) is 25.0 Å². The maximum atomic E-state index is 11.6. The molecule has 1 rings (SSSR count).